The Morgan fingerprint density at radius 3 is 2.47 bits per heavy atom. The van der Waals surface area contributed by atoms with E-state index in [0.717, 1.165) is 0 Å². The number of benzene rings is 1. The first kappa shape index (κ1) is 11.8. The standard InChI is InChI=1S/C12H15N.C2H6.H2/c1-8(2)10-4-5-11-9(3)7-13-12(11)6-10;1-2;/h4-8,13H,1-3H3;1-2H3;1H. The van der Waals surface area contributed by atoms with Gasteiger partial charge in [0.15, 0.2) is 0 Å². The summed E-state index contributed by atoms with van der Waals surface area (Å²) >= 11 is 0. The van der Waals surface area contributed by atoms with E-state index in [0.29, 0.717) is 5.92 Å². The van der Waals surface area contributed by atoms with Gasteiger partial charge in [0, 0.05) is 18.5 Å². The molecule has 1 heteroatoms. The second-order valence-electron chi connectivity index (χ2n) is 3.93. The summed E-state index contributed by atoms with van der Waals surface area (Å²) in [6.07, 6.45) is 2.06. The van der Waals surface area contributed by atoms with Gasteiger partial charge in [-0.1, -0.05) is 39.8 Å². The van der Waals surface area contributed by atoms with Gasteiger partial charge in [0.05, 0.1) is 0 Å². The van der Waals surface area contributed by atoms with Crippen molar-refractivity contribution in [1.29, 1.82) is 0 Å². The molecule has 2 aromatic rings. The maximum atomic E-state index is 3.28. The molecule has 0 bridgehead atoms. The summed E-state index contributed by atoms with van der Waals surface area (Å²) in [6, 6.07) is 6.66. The Balaban J connectivity index is 0.000000711. The van der Waals surface area contributed by atoms with Crippen LogP contribution in [0.15, 0.2) is 24.4 Å². The molecule has 0 saturated heterocycles. The van der Waals surface area contributed by atoms with E-state index >= 15 is 0 Å². The molecule has 0 aliphatic heterocycles. The molecule has 0 amide bonds. The number of rotatable bonds is 1. The molecule has 0 aliphatic carbocycles. The summed E-state index contributed by atoms with van der Waals surface area (Å²) in [5, 5.41) is 1.34. The summed E-state index contributed by atoms with van der Waals surface area (Å²) < 4.78 is 0. The molecule has 0 aliphatic rings. The Kier molecular flexibility index (Phi) is 3.96. The fraction of sp³-hybridized carbons (Fsp3) is 0.429. The lowest BCUT2D eigenvalue weighted by Gasteiger charge is -2.04. The molecule has 1 N–H and O–H groups in total. The van der Waals surface area contributed by atoms with Crippen molar-refractivity contribution >= 4 is 10.9 Å². The van der Waals surface area contributed by atoms with Gasteiger partial charge in [0.2, 0.25) is 0 Å². The fourth-order valence-corrected chi connectivity index (χ4v) is 1.65. The minimum atomic E-state index is 0. The van der Waals surface area contributed by atoms with Crippen molar-refractivity contribution in [2.45, 2.75) is 40.5 Å². The molecular weight excluding hydrogens is 182 g/mol. The SMILES string of the molecule is CC.Cc1c[nH]c2cc(C(C)C)ccc12.[HH]. The third-order valence-electron chi connectivity index (χ3n) is 2.58. The number of nitrogens with one attached hydrogen (secondary N) is 1. The number of hydrogen-bond donors (Lipinski definition) is 1. The van der Waals surface area contributed by atoms with Gasteiger partial charge in [-0.05, 0) is 30.0 Å². The van der Waals surface area contributed by atoms with Crippen LogP contribution in [0.25, 0.3) is 10.9 Å². The molecule has 0 unspecified atom stereocenters. The molecule has 0 spiro atoms. The second kappa shape index (κ2) is 5.01. The van der Waals surface area contributed by atoms with E-state index in [4.69, 9.17) is 0 Å². The Morgan fingerprint density at radius 2 is 1.87 bits per heavy atom. The van der Waals surface area contributed by atoms with Crippen LogP contribution >= 0.6 is 0 Å². The van der Waals surface area contributed by atoms with Crippen LogP contribution in [0.2, 0.25) is 0 Å². The van der Waals surface area contributed by atoms with E-state index in [1.54, 1.807) is 0 Å². The Hall–Kier alpha value is -1.24. The summed E-state index contributed by atoms with van der Waals surface area (Å²) in [5.74, 6) is 0.605. The molecule has 84 valence electrons. The van der Waals surface area contributed by atoms with Gasteiger partial charge in [-0.25, -0.2) is 0 Å². The van der Waals surface area contributed by atoms with Gasteiger partial charge in [-0.15, -0.1) is 0 Å². The van der Waals surface area contributed by atoms with Crippen molar-refractivity contribution in [1.82, 2.24) is 4.98 Å². The molecule has 15 heavy (non-hydrogen) atoms. The van der Waals surface area contributed by atoms with E-state index < -0.39 is 0 Å². The third kappa shape index (κ3) is 2.41. The number of fused-ring (bicyclic) bond motifs is 1. The summed E-state index contributed by atoms with van der Waals surface area (Å²) in [6.45, 7) is 10.6. The Bertz CT molecular complexity index is 429. The monoisotopic (exact) mass is 205 g/mol. The topological polar surface area (TPSA) is 15.8 Å². The van der Waals surface area contributed by atoms with Crippen LogP contribution in [0.4, 0.5) is 0 Å². The zero-order valence-corrected chi connectivity index (χ0v) is 10.4. The number of hydrogen-bond acceptors (Lipinski definition) is 0. The van der Waals surface area contributed by atoms with Gasteiger partial charge in [0.25, 0.3) is 0 Å². The summed E-state index contributed by atoms with van der Waals surface area (Å²) in [5.41, 5.74) is 3.98. The molecule has 0 fully saturated rings. The lowest BCUT2D eigenvalue weighted by molar-refractivity contribution is 0.868. The molecule has 1 nitrogen and oxygen atoms in total. The molecule has 0 radical (unpaired) electrons. The second-order valence-corrected chi connectivity index (χ2v) is 3.93. The van der Waals surface area contributed by atoms with Crippen molar-refractivity contribution in [3.8, 4) is 0 Å². The quantitative estimate of drug-likeness (QED) is 0.683. The van der Waals surface area contributed by atoms with Crippen molar-refractivity contribution in [3.05, 3.63) is 35.5 Å². The van der Waals surface area contributed by atoms with Crippen molar-refractivity contribution in [2.24, 2.45) is 0 Å². The predicted molar refractivity (Wildman–Crippen MR) is 70.6 cm³/mol. The van der Waals surface area contributed by atoms with Gasteiger partial charge in [-0.2, -0.15) is 0 Å². The molecule has 1 aromatic heterocycles. The number of H-pyrrole nitrogens is 1. The predicted octanol–water partition coefficient (Wildman–Crippen LogP) is 4.87. The number of aryl methyl sites for hydroxylation is 1. The van der Waals surface area contributed by atoms with Crippen LogP contribution in [-0.4, -0.2) is 4.98 Å². The first-order chi connectivity index (χ1) is 7.18. The first-order valence-electron chi connectivity index (χ1n) is 5.76. The maximum Gasteiger partial charge on any atom is 0.0459 e. The van der Waals surface area contributed by atoms with E-state index in [-0.39, 0.29) is 1.43 Å². The maximum absolute atomic E-state index is 3.28. The first-order valence-corrected chi connectivity index (χ1v) is 5.76. The van der Waals surface area contributed by atoms with Crippen molar-refractivity contribution in [2.75, 3.05) is 0 Å². The van der Waals surface area contributed by atoms with E-state index in [2.05, 4.69) is 50.2 Å². The molecule has 2 rings (SSSR count). The average Bonchev–Trinajstić information content (AvgIpc) is 2.63. The minimum Gasteiger partial charge on any atom is -0.361 e. The van der Waals surface area contributed by atoms with Crippen molar-refractivity contribution < 1.29 is 1.43 Å². The normalized spacial score (nSPS) is 10.3. The zero-order valence-electron chi connectivity index (χ0n) is 10.4. The van der Waals surface area contributed by atoms with E-state index in [1.165, 1.54) is 22.0 Å². The van der Waals surface area contributed by atoms with Gasteiger partial charge < -0.3 is 4.98 Å². The highest BCUT2D eigenvalue weighted by atomic mass is 14.7. The van der Waals surface area contributed by atoms with Crippen LogP contribution in [0.3, 0.4) is 0 Å². The van der Waals surface area contributed by atoms with Crippen LogP contribution in [0.1, 0.15) is 46.2 Å². The van der Waals surface area contributed by atoms with Gasteiger partial charge in [0.1, 0.15) is 0 Å². The fourth-order valence-electron chi connectivity index (χ4n) is 1.65. The smallest absolute Gasteiger partial charge is 0.0459 e. The van der Waals surface area contributed by atoms with Crippen LogP contribution in [0.5, 0.6) is 0 Å². The number of aromatic nitrogens is 1. The largest absolute Gasteiger partial charge is 0.361 e. The molecular formula is C14H23N. The highest BCUT2D eigenvalue weighted by Gasteiger charge is 2.02. The van der Waals surface area contributed by atoms with E-state index in [9.17, 15) is 0 Å². The Morgan fingerprint density at radius 1 is 1.20 bits per heavy atom. The molecule has 1 aromatic carbocycles. The minimum absolute atomic E-state index is 0. The van der Waals surface area contributed by atoms with Crippen LogP contribution in [0, 0.1) is 6.92 Å². The Labute approximate surface area is 94.0 Å². The third-order valence-corrected chi connectivity index (χ3v) is 2.58. The van der Waals surface area contributed by atoms with Gasteiger partial charge >= 0.3 is 0 Å². The molecule has 0 saturated carbocycles. The summed E-state index contributed by atoms with van der Waals surface area (Å²) in [4.78, 5) is 3.28. The number of aromatic amines is 1. The molecule has 0 atom stereocenters. The van der Waals surface area contributed by atoms with Crippen molar-refractivity contribution in [3.63, 3.8) is 0 Å². The van der Waals surface area contributed by atoms with E-state index in [1.807, 2.05) is 13.8 Å². The average molecular weight is 205 g/mol. The highest BCUT2D eigenvalue weighted by Crippen LogP contribution is 2.22. The lowest BCUT2D eigenvalue weighted by atomic mass is 10.0. The van der Waals surface area contributed by atoms with Gasteiger partial charge in [-0.3, -0.25) is 0 Å². The lowest BCUT2D eigenvalue weighted by Crippen LogP contribution is -1.85. The highest BCUT2D eigenvalue weighted by molar-refractivity contribution is 5.83. The molecule has 1 heterocycles. The van der Waals surface area contributed by atoms with Crippen LogP contribution < -0.4 is 0 Å². The van der Waals surface area contributed by atoms with Crippen LogP contribution in [-0.2, 0) is 0 Å². The zero-order chi connectivity index (χ0) is 11.4. The summed E-state index contributed by atoms with van der Waals surface area (Å²) in [7, 11) is 0.